The molecule has 3 unspecified atom stereocenters. The Labute approximate surface area is 83.5 Å². The number of nitrogens with zero attached hydrogens (tertiary/aromatic N) is 1. The molecule has 0 radical (unpaired) electrons. The Morgan fingerprint density at radius 3 is 1.92 bits per heavy atom. The van der Waals surface area contributed by atoms with Crippen LogP contribution in [0, 0.1) is 23.7 Å². The second-order valence-corrected chi connectivity index (χ2v) is 5.41. The second kappa shape index (κ2) is 4.00. The van der Waals surface area contributed by atoms with Gasteiger partial charge in [0.15, 0.2) is 0 Å². The molecule has 0 saturated carbocycles. The first-order valence-electron chi connectivity index (χ1n) is 5.65. The van der Waals surface area contributed by atoms with Crippen LogP contribution in [0.3, 0.4) is 0 Å². The predicted molar refractivity (Wildman–Crippen MR) is 58.7 cm³/mol. The Morgan fingerprint density at radius 1 is 1.08 bits per heavy atom. The summed E-state index contributed by atoms with van der Waals surface area (Å²) in [6.07, 6.45) is 0. The van der Waals surface area contributed by atoms with Crippen LogP contribution in [0.15, 0.2) is 0 Å². The van der Waals surface area contributed by atoms with Crippen LogP contribution in [-0.2, 0) is 0 Å². The maximum atomic E-state index is 2.52. The Morgan fingerprint density at radius 2 is 1.62 bits per heavy atom. The van der Waals surface area contributed by atoms with Gasteiger partial charge in [-0.1, -0.05) is 27.7 Å². The second-order valence-electron chi connectivity index (χ2n) is 5.41. The van der Waals surface area contributed by atoms with Gasteiger partial charge < -0.3 is 4.90 Å². The number of likely N-dealkylation sites (tertiary alicyclic amines) is 1. The summed E-state index contributed by atoms with van der Waals surface area (Å²) in [5.41, 5.74) is 0. The zero-order valence-electron chi connectivity index (χ0n) is 10.0. The molecule has 0 amide bonds. The lowest BCUT2D eigenvalue weighted by atomic mass is 9.77. The molecule has 1 saturated heterocycles. The van der Waals surface area contributed by atoms with Gasteiger partial charge in [-0.2, -0.15) is 0 Å². The fourth-order valence-electron chi connectivity index (χ4n) is 2.98. The first-order valence-corrected chi connectivity index (χ1v) is 5.65. The highest BCUT2D eigenvalue weighted by atomic mass is 15.2. The normalized spacial score (nSPS) is 36.5. The van der Waals surface area contributed by atoms with Crippen LogP contribution < -0.4 is 0 Å². The Balaban J connectivity index is 2.74. The molecule has 1 nitrogen and oxygen atoms in total. The predicted octanol–water partition coefficient (Wildman–Crippen LogP) is 2.86. The Kier molecular flexibility index (Phi) is 3.39. The lowest BCUT2D eigenvalue weighted by Gasteiger charge is -2.28. The van der Waals surface area contributed by atoms with Crippen LogP contribution >= 0.6 is 0 Å². The number of hydrogen-bond donors (Lipinski definition) is 0. The Hall–Kier alpha value is -0.0400. The van der Waals surface area contributed by atoms with Crippen LogP contribution in [-0.4, -0.2) is 24.5 Å². The molecule has 13 heavy (non-hydrogen) atoms. The molecule has 1 aliphatic rings. The minimum absolute atomic E-state index is 0.771. The maximum Gasteiger partial charge on any atom is 0.00979 e. The summed E-state index contributed by atoms with van der Waals surface area (Å²) < 4.78 is 0. The lowest BCUT2D eigenvalue weighted by Crippen LogP contribution is -2.29. The minimum Gasteiger partial charge on any atom is -0.303 e. The Bertz CT molecular complexity index is 163. The number of rotatable bonds is 2. The summed E-state index contributed by atoms with van der Waals surface area (Å²) in [7, 11) is 2.27. The molecule has 0 N–H and O–H groups in total. The molecule has 0 spiro atoms. The molecule has 1 heterocycles. The smallest absolute Gasteiger partial charge is 0.00979 e. The third-order valence-electron chi connectivity index (χ3n) is 3.87. The minimum atomic E-state index is 0.771. The highest BCUT2D eigenvalue weighted by Crippen LogP contribution is 2.38. The van der Waals surface area contributed by atoms with Crippen molar-refractivity contribution in [3.63, 3.8) is 0 Å². The van der Waals surface area contributed by atoms with E-state index in [4.69, 9.17) is 0 Å². The van der Waals surface area contributed by atoms with Gasteiger partial charge in [-0.05, 0) is 37.6 Å². The monoisotopic (exact) mass is 183 g/mol. The number of hydrogen-bond acceptors (Lipinski definition) is 1. The molecule has 78 valence electrons. The van der Waals surface area contributed by atoms with Gasteiger partial charge in [-0.15, -0.1) is 0 Å². The highest BCUT2D eigenvalue weighted by Gasteiger charge is 2.39. The third-order valence-corrected chi connectivity index (χ3v) is 3.87. The van der Waals surface area contributed by atoms with Crippen molar-refractivity contribution in [2.45, 2.75) is 40.7 Å². The fourth-order valence-corrected chi connectivity index (χ4v) is 2.98. The van der Waals surface area contributed by atoms with Gasteiger partial charge in [0, 0.05) is 12.6 Å². The molecular weight excluding hydrogens is 158 g/mol. The van der Waals surface area contributed by atoms with Crippen molar-refractivity contribution in [1.29, 1.82) is 0 Å². The van der Waals surface area contributed by atoms with E-state index >= 15 is 0 Å². The van der Waals surface area contributed by atoms with E-state index in [2.05, 4.69) is 46.6 Å². The molecule has 0 aromatic rings. The van der Waals surface area contributed by atoms with Gasteiger partial charge in [0.1, 0.15) is 0 Å². The SMILES string of the molecule is CC(C)C1CN(C)C(C)C1C(C)C. The van der Waals surface area contributed by atoms with Crippen LogP contribution in [0.2, 0.25) is 0 Å². The standard InChI is InChI=1S/C12H25N/c1-8(2)11-7-13(6)10(5)12(11)9(3)4/h8-12H,7H2,1-6H3. The van der Waals surface area contributed by atoms with Crippen molar-refractivity contribution in [1.82, 2.24) is 4.90 Å². The van der Waals surface area contributed by atoms with Gasteiger partial charge in [0.25, 0.3) is 0 Å². The van der Waals surface area contributed by atoms with Crippen LogP contribution in [0.1, 0.15) is 34.6 Å². The summed E-state index contributed by atoms with van der Waals surface area (Å²) in [6, 6.07) is 0.771. The fraction of sp³-hybridized carbons (Fsp3) is 1.00. The first kappa shape index (κ1) is 11.0. The average molecular weight is 183 g/mol. The van der Waals surface area contributed by atoms with Crippen molar-refractivity contribution in [2.75, 3.05) is 13.6 Å². The molecule has 1 rings (SSSR count). The van der Waals surface area contributed by atoms with Crippen molar-refractivity contribution in [3.05, 3.63) is 0 Å². The largest absolute Gasteiger partial charge is 0.303 e. The molecule has 3 atom stereocenters. The van der Waals surface area contributed by atoms with Crippen molar-refractivity contribution < 1.29 is 0 Å². The summed E-state index contributed by atoms with van der Waals surface area (Å²) >= 11 is 0. The molecule has 1 aliphatic heterocycles. The topological polar surface area (TPSA) is 3.24 Å². The molecule has 0 bridgehead atoms. The molecular formula is C12H25N. The highest BCUT2D eigenvalue weighted by molar-refractivity contribution is 4.91. The van der Waals surface area contributed by atoms with E-state index in [0.717, 1.165) is 29.7 Å². The zero-order chi connectivity index (χ0) is 10.2. The van der Waals surface area contributed by atoms with E-state index in [1.165, 1.54) is 6.54 Å². The molecule has 1 fully saturated rings. The molecule has 0 aromatic carbocycles. The lowest BCUT2D eigenvalue weighted by molar-refractivity contribution is 0.217. The molecule has 1 heteroatoms. The third kappa shape index (κ3) is 2.07. The van der Waals surface area contributed by atoms with Gasteiger partial charge in [0.05, 0.1) is 0 Å². The molecule has 0 aliphatic carbocycles. The van der Waals surface area contributed by atoms with Crippen molar-refractivity contribution in [2.24, 2.45) is 23.7 Å². The van der Waals surface area contributed by atoms with Gasteiger partial charge >= 0.3 is 0 Å². The van der Waals surface area contributed by atoms with E-state index in [1.54, 1.807) is 0 Å². The van der Waals surface area contributed by atoms with Crippen LogP contribution in [0.25, 0.3) is 0 Å². The van der Waals surface area contributed by atoms with Crippen LogP contribution in [0.4, 0.5) is 0 Å². The first-order chi connectivity index (χ1) is 5.95. The van der Waals surface area contributed by atoms with E-state index in [1.807, 2.05) is 0 Å². The van der Waals surface area contributed by atoms with E-state index in [0.29, 0.717) is 0 Å². The van der Waals surface area contributed by atoms with Gasteiger partial charge in [-0.3, -0.25) is 0 Å². The van der Waals surface area contributed by atoms with Gasteiger partial charge in [0.2, 0.25) is 0 Å². The maximum absolute atomic E-state index is 2.52. The summed E-state index contributed by atoms with van der Waals surface area (Å²) in [4.78, 5) is 2.52. The van der Waals surface area contributed by atoms with E-state index < -0.39 is 0 Å². The van der Waals surface area contributed by atoms with Gasteiger partial charge in [-0.25, -0.2) is 0 Å². The van der Waals surface area contributed by atoms with Crippen LogP contribution in [0.5, 0.6) is 0 Å². The average Bonchev–Trinajstić information content (AvgIpc) is 2.28. The van der Waals surface area contributed by atoms with E-state index in [9.17, 15) is 0 Å². The van der Waals surface area contributed by atoms with E-state index in [-0.39, 0.29) is 0 Å². The quantitative estimate of drug-likeness (QED) is 0.636. The summed E-state index contributed by atoms with van der Waals surface area (Å²) in [5, 5.41) is 0. The zero-order valence-corrected chi connectivity index (χ0v) is 10.0. The van der Waals surface area contributed by atoms with Crippen molar-refractivity contribution in [3.8, 4) is 0 Å². The van der Waals surface area contributed by atoms with Crippen molar-refractivity contribution >= 4 is 0 Å². The molecule has 0 aromatic heterocycles. The summed E-state index contributed by atoms with van der Waals surface area (Å²) in [6.45, 7) is 13.2. The summed E-state index contributed by atoms with van der Waals surface area (Å²) in [5.74, 6) is 3.46.